The fraction of sp³-hybridized carbons (Fsp3) is 0.471. The molecule has 0 unspecified atom stereocenters. The quantitative estimate of drug-likeness (QED) is 0.267. The zero-order valence-electron chi connectivity index (χ0n) is 16.0. The Labute approximate surface area is 166 Å². The van der Waals surface area contributed by atoms with E-state index in [2.05, 4.69) is 0 Å². The van der Waals surface area contributed by atoms with Gasteiger partial charge in [0.1, 0.15) is 0 Å². The molecule has 0 spiro atoms. The van der Waals surface area contributed by atoms with Crippen LogP contribution in [0.5, 0.6) is 0 Å². The van der Waals surface area contributed by atoms with Gasteiger partial charge in [-0.1, -0.05) is 30.3 Å². The lowest BCUT2D eigenvalue weighted by molar-refractivity contribution is -0.137. The van der Waals surface area contributed by atoms with E-state index in [0.717, 1.165) is 12.5 Å². The third-order valence-corrected chi connectivity index (χ3v) is 4.46. The molecule has 11 heteroatoms. The smallest absolute Gasteiger partial charge is 0.332 e. The first-order chi connectivity index (χ1) is 13.0. The number of rotatable bonds is 12. The first-order valence-electron chi connectivity index (χ1n) is 8.39. The molecule has 0 N–H and O–H groups in total. The van der Waals surface area contributed by atoms with Crippen LogP contribution in [0.25, 0.3) is 5.70 Å². The Kier molecular flexibility index (Phi) is 9.59. The summed E-state index contributed by atoms with van der Waals surface area (Å²) in [6.45, 7) is 1.62. The lowest BCUT2D eigenvalue weighted by Crippen LogP contribution is -2.31. The number of carbonyl (C=O) groups excluding carboxylic acids is 1. The second-order valence-electron chi connectivity index (χ2n) is 5.69. The van der Waals surface area contributed by atoms with Crippen molar-refractivity contribution in [3.8, 4) is 0 Å². The maximum Gasteiger partial charge on any atom is 0.332 e. The van der Waals surface area contributed by atoms with Gasteiger partial charge in [0, 0.05) is 19.2 Å². The minimum Gasteiger partial charge on any atom is -0.463 e. The Morgan fingerprint density at radius 1 is 0.964 bits per heavy atom. The number of hydrogen-bond acceptors (Lipinski definition) is 9. The van der Waals surface area contributed by atoms with Crippen LogP contribution in [0, 0.1) is 0 Å². The van der Waals surface area contributed by atoms with Crippen molar-refractivity contribution in [2.75, 3.05) is 45.4 Å². The van der Waals surface area contributed by atoms with E-state index in [1.54, 1.807) is 42.2 Å². The molecule has 1 aromatic carbocycles. The molecule has 0 amide bonds. The number of carbonyl (C=O) groups is 1. The molecule has 158 valence electrons. The highest BCUT2D eigenvalue weighted by Crippen LogP contribution is 2.19. The van der Waals surface area contributed by atoms with Crippen LogP contribution in [0.1, 0.15) is 12.5 Å². The van der Waals surface area contributed by atoms with Gasteiger partial charge in [0.15, 0.2) is 0 Å². The molecule has 0 aliphatic heterocycles. The van der Waals surface area contributed by atoms with Crippen LogP contribution in [0.3, 0.4) is 0 Å². The maximum absolute atomic E-state index is 12.0. The molecule has 0 atom stereocenters. The summed E-state index contributed by atoms with van der Waals surface area (Å²) in [4.78, 5) is 13.6. The summed E-state index contributed by atoms with van der Waals surface area (Å²) in [5.41, 5.74) is 1.09. The van der Waals surface area contributed by atoms with Gasteiger partial charge in [-0.05, 0) is 12.5 Å². The topological polar surface area (TPSA) is 116 Å². The highest BCUT2D eigenvalue weighted by molar-refractivity contribution is 7.86. The summed E-state index contributed by atoms with van der Waals surface area (Å²) in [6.07, 6.45) is 3.12. The molecule has 0 aliphatic carbocycles. The molecule has 0 heterocycles. The second-order valence-corrected chi connectivity index (χ2v) is 8.97. The van der Waals surface area contributed by atoms with Crippen molar-refractivity contribution in [3.63, 3.8) is 0 Å². The third-order valence-electron chi connectivity index (χ3n) is 3.27. The van der Waals surface area contributed by atoms with E-state index in [-0.39, 0.29) is 32.9 Å². The van der Waals surface area contributed by atoms with Gasteiger partial charge >= 0.3 is 5.97 Å². The lowest BCUT2D eigenvalue weighted by atomic mass is 10.1. The third kappa shape index (κ3) is 10.4. The zero-order valence-corrected chi connectivity index (χ0v) is 17.7. The monoisotopic (exact) mass is 435 g/mol. The average Bonchev–Trinajstić information content (AvgIpc) is 2.57. The van der Waals surface area contributed by atoms with Crippen LogP contribution in [0.2, 0.25) is 0 Å². The first-order valence-corrected chi connectivity index (χ1v) is 12.0. The minimum atomic E-state index is -3.65. The highest BCUT2D eigenvalue weighted by atomic mass is 32.2. The van der Waals surface area contributed by atoms with Crippen LogP contribution >= 0.6 is 0 Å². The first kappa shape index (κ1) is 24.1. The van der Waals surface area contributed by atoms with Gasteiger partial charge in [0.05, 0.1) is 38.0 Å². The maximum atomic E-state index is 12.0. The Morgan fingerprint density at radius 3 is 1.89 bits per heavy atom. The number of benzene rings is 1. The molecule has 9 nitrogen and oxygen atoms in total. The van der Waals surface area contributed by atoms with Crippen LogP contribution in [0.15, 0.2) is 36.4 Å². The van der Waals surface area contributed by atoms with Crippen molar-refractivity contribution in [1.82, 2.24) is 4.90 Å². The van der Waals surface area contributed by atoms with Crippen LogP contribution in [-0.2, 0) is 38.1 Å². The van der Waals surface area contributed by atoms with E-state index < -0.39 is 26.2 Å². The van der Waals surface area contributed by atoms with Crippen molar-refractivity contribution in [2.45, 2.75) is 6.92 Å². The number of ether oxygens (including phenoxy) is 1. The number of hydrogen-bond donors (Lipinski definition) is 0. The van der Waals surface area contributed by atoms with Crippen molar-refractivity contribution < 1.29 is 34.7 Å². The standard InChI is InChI=1S/C17H25NO8S2/c1-4-24-17(19)14-16(15-8-6-5-7-9-15)18(10-12-25-27(2,20)21)11-13-26-28(3,22)23/h5-9,14H,4,10-13H2,1-3H3. The van der Waals surface area contributed by atoms with Crippen LogP contribution in [-0.4, -0.2) is 73.1 Å². The van der Waals surface area contributed by atoms with Gasteiger partial charge in [-0.15, -0.1) is 0 Å². The molecule has 1 aromatic rings. The SMILES string of the molecule is CCOC(=O)C=C(c1ccccc1)N(CCOS(C)(=O)=O)CCOS(C)(=O)=O. The molecule has 0 aromatic heterocycles. The van der Waals surface area contributed by atoms with Gasteiger partial charge in [0.2, 0.25) is 0 Å². The van der Waals surface area contributed by atoms with E-state index in [1.807, 2.05) is 0 Å². The molecule has 0 aliphatic rings. The van der Waals surface area contributed by atoms with E-state index in [0.29, 0.717) is 11.3 Å². The summed E-state index contributed by atoms with van der Waals surface area (Å²) in [6, 6.07) is 8.86. The largest absolute Gasteiger partial charge is 0.463 e. The molecular formula is C17H25NO8S2. The van der Waals surface area contributed by atoms with Crippen LogP contribution < -0.4 is 0 Å². The summed E-state index contributed by atoms with van der Waals surface area (Å²) in [5, 5.41) is 0. The fourth-order valence-electron chi connectivity index (χ4n) is 2.21. The molecule has 0 bridgehead atoms. The van der Waals surface area contributed by atoms with E-state index in [1.165, 1.54) is 6.08 Å². The van der Waals surface area contributed by atoms with Gasteiger partial charge in [-0.3, -0.25) is 8.37 Å². The molecule has 1 rings (SSSR count). The molecule has 0 saturated heterocycles. The molecule has 0 fully saturated rings. The minimum absolute atomic E-state index is 0.0698. The normalized spacial score (nSPS) is 12.6. The Balaban J connectivity index is 3.13. The predicted octanol–water partition coefficient (Wildman–Crippen LogP) is 0.845. The fourth-order valence-corrected chi connectivity index (χ4v) is 2.97. The Bertz CT molecular complexity index is 826. The Hall–Kier alpha value is -1.95. The second kappa shape index (κ2) is 11.1. The van der Waals surface area contributed by atoms with Gasteiger partial charge < -0.3 is 9.64 Å². The Morgan fingerprint density at radius 2 is 1.46 bits per heavy atom. The van der Waals surface area contributed by atoms with Crippen molar-refractivity contribution in [3.05, 3.63) is 42.0 Å². The molecular weight excluding hydrogens is 410 g/mol. The van der Waals surface area contributed by atoms with E-state index in [9.17, 15) is 21.6 Å². The van der Waals surface area contributed by atoms with Gasteiger partial charge in [0.25, 0.3) is 20.2 Å². The summed E-state index contributed by atoms with van der Waals surface area (Å²) >= 11 is 0. The van der Waals surface area contributed by atoms with Crippen molar-refractivity contribution in [1.29, 1.82) is 0 Å². The van der Waals surface area contributed by atoms with Gasteiger partial charge in [-0.25, -0.2) is 4.79 Å². The molecule has 0 saturated carbocycles. The molecule has 28 heavy (non-hydrogen) atoms. The van der Waals surface area contributed by atoms with Crippen molar-refractivity contribution >= 4 is 31.9 Å². The van der Waals surface area contributed by atoms with Gasteiger partial charge in [-0.2, -0.15) is 16.8 Å². The number of esters is 1. The summed E-state index contributed by atoms with van der Waals surface area (Å²) in [5.74, 6) is -0.584. The highest BCUT2D eigenvalue weighted by Gasteiger charge is 2.16. The zero-order chi connectivity index (χ0) is 21.2. The number of nitrogens with zero attached hydrogens (tertiary/aromatic N) is 1. The van der Waals surface area contributed by atoms with Crippen LogP contribution in [0.4, 0.5) is 0 Å². The molecule has 0 radical (unpaired) electrons. The van der Waals surface area contributed by atoms with E-state index >= 15 is 0 Å². The summed E-state index contributed by atoms with van der Waals surface area (Å²) in [7, 11) is -7.30. The van der Waals surface area contributed by atoms with E-state index in [4.69, 9.17) is 13.1 Å². The summed E-state index contributed by atoms with van der Waals surface area (Å²) < 4.78 is 59.4. The average molecular weight is 436 g/mol. The lowest BCUT2D eigenvalue weighted by Gasteiger charge is -2.27. The van der Waals surface area contributed by atoms with Crippen molar-refractivity contribution in [2.24, 2.45) is 0 Å². The predicted molar refractivity (Wildman–Crippen MR) is 104 cm³/mol.